The van der Waals surface area contributed by atoms with Gasteiger partial charge >= 0.3 is 6.61 Å². The molecule has 1 unspecified atom stereocenters. The molecule has 0 bridgehead atoms. The molecule has 0 saturated heterocycles. The summed E-state index contributed by atoms with van der Waals surface area (Å²) < 4.78 is 28.3. The average molecular weight is 285 g/mol. The predicted molar refractivity (Wildman–Crippen MR) is 78.1 cm³/mol. The average Bonchev–Trinajstić information content (AvgIpc) is 2.37. The first-order valence-electron chi connectivity index (χ1n) is 7.24. The number of hydrogen-bond acceptors (Lipinski definition) is 2. The number of hydrogen-bond donors (Lipinski definition) is 1. The van der Waals surface area contributed by atoms with E-state index >= 15 is 0 Å². The molecule has 0 heterocycles. The zero-order chi connectivity index (χ0) is 15.0. The number of rotatable bonds is 9. The van der Waals surface area contributed by atoms with Crippen molar-refractivity contribution in [3.63, 3.8) is 0 Å². The van der Waals surface area contributed by atoms with Crippen LogP contribution in [0.3, 0.4) is 0 Å². The summed E-state index contributed by atoms with van der Waals surface area (Å²) in [6, 6.07) is 7.24. The number of benzene rings is 1. The van der Waals surface area contributed by atoms with Gasteiger partial charge in [-0.2, -0.15) is 8.78 Å². The van der Waals surface area contributed by atoms with Crippen LogP contribution in [0.5, 0.6) is 5.75 Å². The fourth-order valence-corrected chi connectivity index (χ4v) is 2.02. The van der Waals surface area contributed by atoms with E-state index in [1.165, 1.54) is 12.8 Å². The van der Waals surface area contributed by atoms with Crippen LogP contribution in [-0.2, 0) is 6.54 Å². The third-order valence-electron chi connectivity index (χ3n) is 3.22. The maximum atomic E-state index is 12.0. The minimum absolute atomic E-state index is 0.203. The van der Waals surface area contributed by atoms with Gasteiger partial charge in [0.05, 0.1) is 0 Å². The van der Waals surface area contributed by atoms with E-state index in [0.29, 0.717) is 6.04 Å². The smallest absolute Gasteiger partial charge is 0.387 e. The van der Waals surface area contributed by atoms with Crippen LogP contribution in [0.4, 0.5) is 8.78 Å². The molecule has 0 saturated carbocycles. The molecule has 0 aromatic heterocycles. The Morgan fingerprint density at radius 1 is 1.05 bits per heavy atom. The zero-order valence-corrected chi connectivity index (χ0v) is 12.5. The van der Waals surface area contributed by atoms with E-state index in [-0.39, 0.29) is 5.75 Å². The van der Waals surface area contributed by atoms with Crippen LogP contribution in [0, 0.1) is 5.92 Å². The zero-order valence-electron chi connectivity index (χ0n) is 12.5. The highest BCUT2D eigenvalue weighted by molar-refractivity contribution is 5.27. The van der Waals surface area contributed by atoms with E-state index in [1.54, 1.807) is 12.1 Å². The van der Waals surface area contributed by atoms with Crippen LogP contribution < -0.4 is 10.1 Å². The fraction of sp³-hybridized carbons (Fsp3) is 0.625. The third kappa shape index (κ3) is 7.43. The molecule has 1 N–H and O–H groups in total. The fourth-order valence-electron chi connectivity index (χ4n) is 2.02. The van der Waals surface area contributed by atoms with Crippen LogP contribution in [-0.4, -0.2) is 12.7 Å². The lowest BCUT2D eigenvalue weighted by molar-refractivity contribution is -0.0498. The van der Waals surface area contributed by atoms with Crippen molar-refractivity contribution < 1.29 is 13.5 Å². The van der Waals surface area contributed by atoms with Gasteiger partial charge in [-0.05, 0) is 37.0 Å². The highest BCUT2D eigenvalue weighted by Gasteiger charge is 2.05. The molecule has 1 aromatic rings. The van der Waals surface area contributed by atoms with E-state index in [1.807, 2.05) is 12.1 Å². The molecule has 0 aliphatic carbocycles. The van der Waals surface area contributed by atoms with Gasteiger partial charge in [-0.3, -0.25) is 0 Å². The second-order valence-electron chi connectivity index (χ2n) is 5.63. The molecule has 20 heavy (non-hydrogen) atoms. The molecule has 0 fully saturated rings. The van der Waals surface area contributed by atoms with E-state index in [9.17, 15) is 8.78 Å². The summed E-state index contributed by atoms with van der Waals surface area (Å²) in [4.78, 5) is 0. The van der Waals surface area contributed by atoms with Crippen molar-refractivity contribution in [1.82, 2.24) is 5.32 Å². The Kier molecular flexibility index (Phi) is 7.52. The molecule has 114 valence electrons. The second kappa shape index (κ2) is 8.90. The first kappa shape index (κ1) is 16.9. The lowest BCUT2D eigenvalue weighted by atomic mass is 10.0. The monoisotopic (exact) mass is 285 g/mol. The van der Waals surface area contributed by atoms with Crippen LogP contribution in [0.2, 0.25) is 0 Å². The summed E-state index contributed by atoms with van der Waals surface area (Å²) in [6.07, 6.45) is 3.64. The molecule has 1 atom stereocenters. The normalized spacial score (nSPS) is 12.9. The minimum Gasteiger partial charge on any atom is -0.435 e. The van der Waals surface area contributed by atoms with Gasteiger partial charge in [-0.25, -0.2) is 0 Å². The van der Waals surface area contributed by atoms with E-state index in [2.05, 4.69) is 30.8 Å². The SMILES string of the molecule is CC(C)CCCC(C)NCc1ccc(OC(F)F)cc1. The predicted octanol–water partition coefficient (Wildman–Crippen LogP) is 4.59. The highest BCUT2D eigenvalue weighted by atomic mass is 19.3. The maximum absolute atomic E-state index is 12.0. The Balaban J connectivity index is 2.27. The molecular weight excluding hydrogens is 260 g/mol. The molecule has 1 aromatic carbocycles. The van der Waals surface area contributed by atoms with Crippen molar-refractivity contribution in [3.05, 3.63) is 29.8 Å². The van der Waals surface area contributed by atoms with Gasteiger partial charge in [0.1, 0.15) is 5.75 Å². The molecule has 0 radical (unpaired) electrons. The summed E-state index contributed by atoms with van der Waals surface area (Å²) in [7, 11) is 0. The van der Waals surface area contributed by atoms with Crippen LogP contribution in [0.25, 0.3) is 0 Å². The molecule has 0 amide bonds. The van der Waals surface area contributed by atoms with Gasteiger partial charge in [-0.1, -0.05) is 38.8 Å². The summed E-state index contributed by atoms with van der Waals surface area (Å²) >= 11 is 0. The Labute approximate surface area is 120 Å². The Bertz CT molecular complexity index is 365. The van der Waals surface area contributed by atoms with E-state index in [0.717, 1.165) is 24.4 Å². The Morgan fingerprint density at radius 2 is 1.70 bits per heavy atom. The van der Waals surface area contributed by atoms with Gasteiger partial charge in [0.15, 0.2) is 0 Å². The van der Waals surface area contributed by atoms with Crippen molar-refractivity contribution >= 4 is 0 Å². The molecule has 0 spiro atoms. The summed E-state index contributed by atoms with van der Waals surface area (Å²) in [6.45, 7) is 4.63. The van der Waals surface area contributed by atoms with Crippen molar-refractivity contribution in [2.24, 2.45) is 5.92 Å². The van der Waals surface area contributed by atoms with Gasteiger partial charge in [-0.15, -0.1) is 0 Å². The third-order valence-corrected chi connectivity index (χ3v) is 3.22. The topological polar surface area (TPSA) is 21.3 Å². The van der Waals surface area contributed by atoms with Crippen LogP contribution >= 0.6 is 0 Å². The molecule has 0 aliphatic rings. The van der Waals surface area contributed by atoms with Crippen molar-refractivity contribution in [3.8, 4) is 5.75 Å². The summed E-state index contributed by atoms with van der Waals surface area (Å²) in [5.41, 5.74) is 1.07. The molecule has 1 rings (SSSR count). The summed E-state index contributed by atoms with van der Waals surface area (Å²) in [5.74, 6) is 0.957. The van der Waals surface area contributed by atoms with Crippen molar-refractivity contribution in [2.75, 3.05) is 0 Å². The van der Waals surface area contributed by atoms with Gasteiger partial charge < -0.3 is 10.1 Å². The number of halogens is 2. The summed E-state index contributed by atoms with van der Waals surface area (Å²) in [5, 5.41) is 3.44. The quantitative estimate of drug-likeness (QED) is 0.716. The van der Waals surface area contributed by atoms with Crippen LogP contribution in [0.1, 0.15) is 45.6 Å². The molecular formula is C16H25F2NO. The minimum atomic E-state index is -2.76. The number of alkyl halides is 2. The highest BCUT2D eigenvalue weighted by Crippen LogP contribution is 2.15. The number of nitrogens with one attached hydrogen (secondary N) is 1. The van der Waals surface area contributed by atoms with Crippen molar-refractivity contribution in [2.45, 2.75) is 59.2 Å². The largest absolute Gasteiger partial charge is 0.435 e. The molecule has 2 nitrogen and oxygen atoms in total. The van der Waals surface area contributed by atoms with E-state index < -0.39 is 6.61 Å². The van der Waals surface area contributed by atoms with E-state index in [4.69, 9.17) is 0 Å². The molecule has 4 heteroatoms. The van der Waals surface area contributed by atoms with Gasteiger partial charge in [0, 0.05) is 12.6 Å². The first-order valence-corrected chi connectivity index (χ1v) is 7.24. The Hall–Kier alpha value is -1.16. The first-order chi connectivity index (χ1) is 9.47. The van der Waals surface area contributed by atoms with Gasteiger partial charge in [0.2, 0.25) is 0 Å². The van der Waals surface area contributed by atoms with Crippen molar-refractivity contribution in [1.29, 1.82) is 0 Å². The second-order valence-corrected chi connectivity index (χ2v) is 5.63. The molecule has 0 aliphatic heterocycles. The van der Waals surface area contributed by atoms with Gasteiger partial charge in [0.25, 0.3) is 0 Å². The standard InChI is InChI=1S/C16H25F2NO/c1-12(2)5-4-6-13(3)19-11-14-7-9-15(10-8-14)20-16(17)18/h7-10,12-13,16,19H,4-6,11H2,1-3H3. The maximum Gasteiger partial charge on any atom is 0.387 e. The van der Waals surface area contributed by atoms with Crippen LogP contribution in [0.15, 0.2) is 24.3 Å². The lowest BCUT2D eigenvalue weighted by Gasteiger charge is -2.14. The Morgan fingerprint density at radius 3 is 2.25 bits per heavy atom. The lowest BCUT2D eigenvalue weighted by Crippen LogP contribution is -2.25. The number of ether oxygens (including phenoxy) is 1.